The summed E-state index contributed by atoms with van der Waals surface area (Å²) < 4.78 is 2.23. The van der Waals surface area contributed by atoms with Gasteiger partial charge in [-0.1, -0.05) is 24.3 Å². The minimum Gasteiger partial charge on any atom is -0.352 e. The lowest BCUT2D eigenvalue weighted by Gasteiger charge is -2.06. The van der Waals surface area contributed by atoms with Gasteiger partial charge in [0, 0.05) is 35.8 Å². The van der Waals surface area contributed by atoms with Crippen LogP contribution in [0.5, 0.6) is 0 Å². The highest BCUT2D eigenvalue weighted by Crippen LogP contribution is 2.15. The molecule has 0 saturated carbocycles. The van der Waals surface area contributed by atoms with Crippen molar-refractivity contribution >= 4 is 34.2 Å². The number of hydrogen-bond donors (Lipinski definition) is 1. The summed E-state index contributed by atoms with van der Waals surface area (Å²) in [4.78, 5) is 12.8. The Morgan fingerprint density at radius 1 is 1.18 bits per heavy atom. The largest absolute Gasteiger partial charge is 0.352 e. The maximum atomic E-state index is 11.7. The first-order chi connectivity index (χ1) is 10.8. The summed E-state index contributed by atoms with van der Waals surface area (Å²) in [6.07, 6.45) is 6.46. The van der Waals surface area contributed by atoms with E-state index in [0.717, 1.165) is 17.8 Å². The van der Waals surface area contributed by atoms with Crippen molar-refractivity contribution < 1.29 is 4.79 Å². The van der Waals surface area contributed by atoms with Gasteiger partial charge in [-0.3, -0.25) is 4.79 Å². The van der Waals surface area contributed by atoms with Crippen LogP contribution in [-0.4, -0.2) is 17.0 Å². The fraction of sp³-hybridized carbons (Fsp3) is 0.167. The first kappa shape index (κ1) is 14.6. The van der Waals surface area contributed by atoms with E-state index in [1.807, 2.05) is 29.7 Å². The number of rotatable bonds is 6. The average Bonchev–Trinajstić information content (AvgIpc) is 3.19. The maximum absolute atomic E-state index is 11.7. The predicted octanol–water partition coefficient (Wildman–Crippen LogP) is 3.92. The number of carbonyl (C=O) groups is 1. The highest BCUT2D eigenvalue weighted by Gasteiger charge is 2.00. The average molecular weight is 310 g/mol. The van der Waals surface area contributed by atoms with Gasteiger partial charge in [0.25, 0.3) is 0 Å². The molecule has 0 unspecified atom stereocenters. The number of hydrogen-bond acceptors (Lipinski definition) is 2. The van der Waals surface area contributed by atoms with E-state index in [2.05, 4.69) is 40.3 Å². The molecule has 2 heterocycles. The molecule has 0 atom stereocenters. The van der Waals surface area contributed by atoms with Crippen molar-refractivity contribution in [1.82, 2.24) is 9.88 Å². The smallest absolute Gasteiger partial charge is 0.244 e. The summed E-state index contributed by atoms with van der Waals surface area (Å²) in [5.41, 5.74) is 1.24. The van der Waals surface area contributed by atoms with Gasteiger partial charge in [0.1, 0.15) is 0 Å². The van der Waals surface area contributed by atoms with Crippen LogP contribution in [0.2, 0.25) is 0 Å². The van der Waals surface area contributed by atoms with E-state index in [4.69, 9.17) is 0 Å². The molecule has 4 heteroatoms. The van der Waals surface area contributed by atoms with Crippen LogP contribution in [0.25, 0.3) is 17.0 Å². The second-order valence-corrected chi connectivity index (χ2v) is 6.04. The molecule has 1 aromatic carbocycles. The highest BCUT2D eigenvalue weighted by molar-refractivity contribution is 7.10. The van der Waals surface area contributed by atoms with Gasteiger partial charge >= 0.3 is 0 Å². The summed E-state index contributed by atoms with van der Waals surface area (Å²) in [6.45, 7) is 1.59. The molecule has 1 amide bonds. The summed E-state index contributed by atoms with van der Waals surface area (Å²) in [5.74, 6) is -0.0363. The highest BCUT2D eigenvalue weighted by atomic mass is 32.1. The molecule has 0 fully saturated rings. The number of para-hydroxylation sites is 1. The number of nitrogens with zero attached hydrogens (tertiary/aromatic N) is 1. The number of aromatic nitrogens is 1. The normalized spacial score (nSPS) is 11.3. The number of thiophene rings is 1. The van der Waals surface area contributed by atoms with Gasteiger partial charge in [-0.25, -0.2) is 0 Å². The summed E-state index contributed by atoms with van der Waals surface area (Å²) in [7, 11) is 0. The van der Waals surface area contributed by atoms with Crippen LogP contribution < -0.4 is 5.32 Å². The Bertz CT molecular complexity index is 771. The molecule has 0 bridgehead atoms. The molecule has 0 aliphatic rings. The fourth-order valence-electron chi connectivity index (χ4n) is 2.40. The maximum Gasteiger partial charge on any atom is 0.244 e. The molecule has 3 rings (SSSR count). The number of aryl methyl sites for hydroxylation is 1. The zero-order chi connectivity index (χ0) is 15.2. The lowest BCUT2D eigenvalue weighted by atomic mass is 10.2. The van der Waals surface area contributed by atoms with Crippen LogP contribution in [0.15, 0.2) is 60.1 Å². The molecule has 0 saturated heterocycles. The van der Waals surface area contributed by atoms with Gasteiger partial charge in [-0.15, -0.1) is 11.3 Å². The van der Waals surface area contributed by atoms with E-state index < -0.39 is 0 Å². The molecule has 3 nitrogen and oxygen atoms in total. The quantitative estimate of drug-likeness (QED) is 0.543. The molecule has 2 aromatic heterocycles. The van der Waals surface area contributed by atoms with Crippen LogP contribution in [0, 0.1) is 0 Å². The number of nitrogens with one attached hydrogen (secondary N) is 1. The van der Waals surface area contributed by atoms with Crippen molar-refractivity contribution in [2.45, 2.75) is 13.0 Å². The minimum absolute atomic E-state index is 0.0363. The minimum atomic E-state index is -0.0363. The van der Waals surface area contributed by atoms with Crippen LogP contribution >= 0.6 is 11.3 Å². The number of carbonyl (C=O) groups excluding carboxylic acids is 1. The first-order valence-electron chi connectivity index (χ1n) is 7.36. The van der Waals surface area contributed by atoms with Crippen molar-refractivity contribution in [3.63, 3.8) is 0 Å². The Hall–Kier alpha value is -2.33. The van der Waals surface area contributed by atoms with Gasteiger partial charge < -0.3 is 9.88 Å². The van der Waals surface area contributed by atoms with E-state index >= 15 is 0 Å². The van der Waals surface area contributed by atoms with E-state index in [-0.39, 0.29) is 5.91 Å². The third kappa shape index (κ3) is 3.65. The Balaban J connectivity index is 1.44. The zero-order valence-corrected chi connectivity index (χ0v) is 13.1. The van der Waals surface area contributed by atoms with Crippen molar-refractivity contribution in [3.05, 3.63) is 65.0 Å². The Morgan fingerprint density at radius 3 is 2.95 bits per heavy atom. The molecular formula is C18H18N2OS. The Morgan fingerprint density at radius 2 is 2.09 bits per heavy atom. The standard InChI is InChI=1S/C18H18N2OS/c21-18(9-8-16-6-3-14-22-16)19-11-4-12-20-13-10-15-5-1-2-7-17(15)20/h1-3,5-10,13-14H,4,11-12H2,(H,19,21). The van der Waals surface area contributed by atoms with Crippen LogP contribution in [0.3, 0.4) is 0 Å². The Kier molecular flexibility index (Phi) is 4.71. The van der Waals surface area contributed by atoms with Crippen molar-refractivity contribution in [2.75, 3.05) is 6.54 Å². The SMILES string of the molecule is O=C(C=Cc1cccs1)NCCCn1ccc2ccccc21. The monoisotopic (exact) mass is 310 g/mol. The van der Waals surface area contributed by atoms with E-state index in [0.29, 0.717) is 6.54 Å². The summed E-state index contributed by atoms with van der Waals surface area (Å²) >= 11 is 1.62. The van der Waals surface area contributed by atoms with Crippen LogP contribution in [-0.2, 0) is 11.3 Å². The topological polar surface area (TPSA) is 34.0 Å². The molecule has 0 aliphatic heterocycles. The second-order valence-electron chi connectivity index (χ2n) is 5.06. The molecule has 22 heavy (non-hydrogen) atoms. The molecule has 112 valence electrons. The van der Waals surface area contributed by atoms with Crippen molar-refractivity contribution in [2.24, 2.45) is 0 Å². The Labute approximate surface area is 133 Å². The fourth-order valence-corrected chi connectivity index (χ4v) is 3.02. The van der Waals surface area contributed by atoms with Crippen molar-refractivity contribution in [1.29, 1.82) is 0 Å². The van der Waals surface area contributed by atoms with Gasteiger partial charge in [0.15, 0.2) is 0 Å². The third-order valence-corrected chi connectivity index (χ3v) is 4.33. The lowest BCUT2D eigenvalue weighted by Crippen LogP contribution is -2.23. The van der Waals surface area contributed by atoms with Crippen molar-refractivity contribution in [3.8, 4) is 0 Å². The summed E-state index contributed by atoms with van der Waals surface area (Å²) in [5, 5.41) is 6.18. The predicted molar refractivity (Wildman–Crippen MR) is 92.9 cm³/mol. The van der Waals surface area contributed by atoms with Gasteiger partial charge in [0.2, 0.25) is 5.91 Å². The summed E-state index contributed by atoms with van der Waals surface area (Å²) in [6, 6.07) is 14.4. The van der Waals surface area contributed by atoms with Crippen LogP contribution in [0.4, 0.5) is 0 Å². The number of fused-ring (bicyclic) bond motifs is 1. The number of amides is 1. The van der Waals surface area contributed by atoms with E-state index in [1.165, 1.54) is 10.9 Å². The molecule has 0 radical (unpaired) electrons. The van der Waals surface area contributed by atoms with Gasteiger partial charge in [0.05, 0.1) is 0 Å². The third-order valence-electron chi connectivity index (χ3n) is 3.50. The first-order valence-corrected chi connectivity index (χ1v) is 8.24. The van der Waals surface area contributed by atoms with Crippen LogP contribution in [0.1, 0.15) is 11.3 Å². The number of benzene rings is 1. The van der Waals surface area contributed by atoms with E-state index in [1.54, 1.807) is 17.4 Å². The molecule has 0 aliphatic carbocycles. The second kappa shape index (κ2) is 7.09. The molecular weight excluding hydrogens is 292 g/mol. The molecule has 3 aromatic rings. The lowest BCUT2D eigenvalue weighted by molar-refractivity contribution is -0.116. The molecule has 1 N–H and O–H groups in total. The van der Waals surface area contributed by atoms with Gasteiger partial charge in [-0.2, -0.15) is 0 Å². The van der Waals surface area contributed by atoms with E-state index in [9.17, 15) is 4.79 Å². The molecule has 0 spiro atoms. The van der Waals surface area contributed by atoms with Gasteiger partial charge in [-0.05, 0) is 41.5 Å². The zero-order valence-electron chi connectivity index (χ0n) is 12.2.